The SMILES string of the molecule is COc1ccc2c(c1)C(c1ccccc1)=CCC2. The summed E-state index contributed by atoms with van der Waals surface area (Å²) in [6, 6.07) is 16.9. The third-order valence-electron chi connectivity index (χ3n) is 3.45. The first-order valence-corrected chi connectivity index (χ1v) is 6.31. The van der Waals surface area contributed by atoms with Gasteiger partial charge in [0.2, 0.25) is 0 Å². The predicted molar refractivity (Wildman–Crippen MR) is 74.8 cm³/mol. The number of ether oxygens (including phenoxy) is 1. The van der Waals surface area contributed by atoms with E-state index in [9.17, 15) is 0 Å². The largest absolute Gasteiger partial charge is 0.497 e. The maximum absolute atomic E-state index is 5.34. The molecule has 0 N–H and O–H groups in total. The molecule has 0 atom stereocenters. The number of benzene rings is 2. The molecule has 2 aromatic carbocycles. The maximum Gasteiger partial charge on any atom is 0.119 e. The van der Waals surface area contributed by atoms with E-state index in [1.807, 2.05) is 6.07 Å². The highest BCUT2D eigenvalue weighted by molar-refractivity contribution is 5.83. The number of aryl methyl sites for hydroxylation is 1. The Kier molecular flexibility index (Phi) is 2.89. The average molecular weight is 236 g/mol. The van der Waals surface area contributed by atoms with E-state index in [2.05, 4.69) is 48.5 Å². The molecule has 0 saturated heterocycles. The van der Waals surface area contributed by atoms with Gasteiger partial charge in [0.05, 0.1) is 7.11 Å². The number of allylic oxidation sites excluding steroid dienone is 1. The normalized spacial score (nSPS) is 13.7. The van der Waals surface area contributed by atoms with Crippen molar-refractivity contribution in [3.8, 4) is 5.75 Å². The minimum Gasteiger partial charge on any atom is -0.497 e. The molecule has 3 rings (SSSR count). The minimum atomic E-state index is 0.928. The van der Waals surface area contributed by atoms with Crippen LogP contribution in [-0.4, -0.2) is 7.11 Å². The van der Waals surface area contributed by atoms with Crippen LogP contribution in [0.25, 0.3) is 5.57 Å². The quantitative estimate of drug-likeness (QED) is 0.763. The Bertz CT molecular complexity index is 582. The lowest BCUT2D eigenvalue weighted by Gasteiger charge is -2.19. The average Bonchev–Trinajstić information content (AvgIpc) is 2.47. The molecule has 90 valence electrons. The smallest absolute Gasteiger partial charge is 0.119 e. The van der Waals surface area contributed by atoms with E-state index in [0.717, 1.165) is 18.6 Å². The third kappa shape index (κ3) is 1.92. The molecule has 1 heteroatoms. The molecule has 0 unspecified atom stereocenters. The van der Waals surface area contributed by atoms with E-state index < -0.39 is 0 Å². The van der Waals surface area contributed by atoms with Gasteiger partial charge in [0.15, 0.2) is 0 Å². The van der Waals surface area contributed by atoms with Crippen molar-refractivity contribution in [1.29, 1.82) is 0 Å². The van der Waals surface area contributed by atoms with Gasteiger partial charge in [-0.25, -0.2) is 0 Å². The van der Waals surface area contributed by atoms with Gasteiger partial charge >= 0.3 is 0 Å². The lowest BCUT2D eigenvalue weighted by molar-refractivity contribution is 0.414. The molecular weight excluding hydrogens is 220 g/mol. The summed E-state index contributed by atoms with van der Waals surface area (Å²) in [6.07, 6.45) is 4.57. The summed E-state index contributed by atoms with van der Waals surface area (Å²) < 4.78 is 5.34. The molecule has 18 heavy (non-hydrogen) atoms. The fourth-order valence-electron chi connectivity index (χ4n) is 2.52. The third-order valence-corrected chi connectivity index (χ3v) is 3.45. The van der Waals surface area contributed by atoms with Crippen molar-refractivity contribution in [2.24, 2.45) is 0 Å². The molecule has 0 aliphatic heterocycles. The molecule has 2 aromatic rings. The summed E-state index contributed by atoms with van der Waals surface area (Å²) in [7, 11) is 1.72. The zero-order valence-electron chi connectivity index (χ0n) is 10.5. The standard InChI is InChI=1S/C17H16O/c1-18-15-11-10-14-8-5-9-16(17(14)12-15)13-6-3-2-4-7-13/h2-4,6-7,9-12H,5,8H2,1H3. The van der Waals surface area contributed by atoms with Crippen LogP contribution in [-0.2, 0) is 6.42 Å². The Hall–Kier alpha value is -2.02. The lowest BCUT2D eigenvalue weighted by atomic mass is 9.87. The molecule has 1 nitrogen and oxygen atoms in total. The van der Waals surface area contributed by atoms with Gasteiger partial charge < -0.3 is 4.74 Å². The number of hydrogen-bond donors (Lipinski definition) is 0. The Morgan fingerprint density at radius 2 is 1.83 bits per heavy atom. The van der Waals surface area contributed by atoms with Crippen LogP contribution in [0.1, 0.15) is 23.1 Å². The second kappa shape index (κ2) is 4.69. The highest BCUT2D eigenvalue weighted by Gasteiger charge is 2.14. The summed E-state index contributed by atoms with van der Waals surface area (Å²) in [5.41, 5.74) is 5.34. The molecule has 1 aliphatic rings. The number of fused-ring (bicyclic) bond motifs is 1. The van der Waals surface area contributed by atoms with E-state index >= 15 is 0 Å². The van der Waals surface area contributed by atoms with Gasteiger partial charge in [0.25, 0.3) is 0 Å². The van der Waals surface area contributed by atoms with Crippen LogP contribution >= 0.6 is 0 Å². The van der Waals surface area contributed by atoms with Crippen LogP contribution in [0.3, 0.4) is 0 Å². The van der Waals surface area contributed by atoms with Crippen LogP contribution < -0.4 is 4.74 Å². The highest BCUT2D eigenvalue weighted by Crippen LogP contribution is 2.33. The Balaban J connectivity index is 2.11. The lowest BCUT2D eigenvalue weighted by Crippen LogP contribution is -2.01. The van der Waals surface area contributed by atoms with Crippen molar-refractivity contribution in [3.63, 3.8) is 0 Å². The summed E-state index contributed by atoms with van der Waals surface area (Å²) >= 11 is 0. The molecular formula is C17H16O. The van der Waals surface area contributed by atoms with Gasteiger partial charge in [-0.1, -0.05) is 42.5 Å². The maximum atomic E-state index is 5.34. The van der Waals surface area contributed by atoms with Crippen molar-refractivity contribution in [3.05, 3.63) is 71.3 Å². The van der Waals surface area contributed by atoms with Crippen LogP contribution in [0.5, 0.6) is 5.75 Å². The van der Waals surface area contributed by atoms with Crippen molar-refractivity contribution in [1.82, 2.24) is 0 Å². The minimum absolute atomic E-state index is 0.928. The van der Waals surface area contributed by atoms with Crippen molar-refractivity contribution < 1.29 is 4.74 Å². The molecule has 0 heterocycles. The van der Waals surface area contributed by atoms with Crippen LogP contribution in [0.15, 0.2) is 54.6 Å². The summed E-state index contributed by atoms with van der Waals surface area (Å²) in [5.74, 6) is 0.928. The second-order valence-electron chi connectivity index (χ2n) is 4.55. The van der Waals surface area contributed by atoms with Gasteiger partial charge in [-0.3, -0.25) is 0 Å². The summed E-state index contributed by atoms with van der Waals surface area (Å²) in [6.45, 7) is 0. The predicted octanol–water partition coefficient (Wildman–Crippen LogP) is 4.07. The van der Waals surface area contributed by atoms with Crippen molar-refractivity contribution in [2.75, 3.05) is 7.11 Å². The van der Waals surface area contributed by atoms with Gasteiger partial charge in [-0.2, -0.15) is 0 Å². The summed E-state index contributed by atoms with van der Waals surface area (Å²) in [4.78, 5) is 0. The van der Waals surface area contributed by atoms with Crippen LogP contribution in [0.4, 0.5) is 0 Å². The highest BCUT2D eigenvalue weighted by atomic mass is 16.5. The first-order valence-electron chi connectivity index (χ1n) is 6.31. The van der Waals surface area contributed by atoms with Gasteiger partial charge in [0, 0.05) is 0 Å². The van der Waals surface area contributed by atoms with Crippen molar-refractivity contribution >= 4 is 5.57 Å². The van der Waals surface area contributed by atoms with E-state index in [-0.39, 0.29) is 0 Å². The Morgan fingerprint density at radius 3 is 2.61 bits per heavy atom. The first kappa shape index (κ1) is 11.1. The van der Waals surface area contributed by atoms with Gasteiger partial charge in [0.1, 0.15) is 5.75 Å². The number of rotatable bonds is 2. The zero-order chi connectivity index (χ0) is 12.4. The molecule has 0 bridgehead atoms. The van der Waals surface area contributed by atoms with Crippen LogP contribution in [0, 0.1) is 0 Å². The van der Waals surface area contributed by atoms with Gasteiger partial charge in [-0.05, 0) is 47.2 Å². The molecule has 0 amide bonds. The number of hydrogen-bond acceptors (Lipinski definition) is 1. The monoisotopic (exact) mass is 236 g/mol. The topological polar surface area (TPSA) is 9.23 Å². The van der Waals surface area contributed by atoms with E-state index in [4.69, 9.17) is 4.74 Å². The van der Waals surface area contributed by atoms with Gasteiger partial charge in [-0.15, -0.1) is 0 Å². The molecule has 0 radical (unpaired) electrons. The Labute approximate surface area is 108 Å². The second-order valence-corrected chi connectivity index (χ2v) is 4.55. The zero-order valence-corrected chi connectivity index (χ0v) is 10.5. The van der Waals surface area contributed by atoms with E-state index in [1.165, 1.54) is 22.3 Å². The fourth-order valence-corrected chi connectivity index (χ4v) is 2.52. The van der Waals surface area contributed by atoms with E-state index in [1.54, 1.807) is 7.11 Å². The molecule has 0 fully saturated rings. The fraction of sp³-hybridized carbons (Fsp3) is 0.176. The molecule has 0 spiro atoms. The number of methoxy groups -OCH3 is 1. The van der Waals surface area contributed by atoms with E-state index in [0.29, 0.717) is 0 Å². The first-order chi connectivity index (χ1) is 8.88. The Morgan fingerprint density at radius 1 is 1.00 bits per heavy atom. The van der Waals surface area contributed by atoms with Crippen molar-refractivity contribution in [2.45, 2.75) is 12.8 Å². The van der Waals surface area contributed by atoms with Crippen LogP contribution in [0.2, 0.25) is 0 Å². The summed E-state index contributed by atoms with van der Waals surface area (Å²) in [5, 5.41) is 0. The molecule has 0 aromatic heterocycles. The molecule has 1 aliphatic carbocycles. The molecule has 0 saturated carbocycles.